The smallest absolute Gasteiger partial charge is 0.358 e. The number of carboxylic acid groups (broad SMARTS) is 1. The molecule has 2 nitrogen and oxygen atoms in total. The number of halogens is 6. The Labute approximate surface area is 151 Å². The van der Waals surface area contributed by atoms with E-state index in [9.17, 15) is 26.7 Å². The largest absolute Gasteiger partial charge is 0.478 e. The molecule has 0 aromatic heterocycles. The standard InChI is InChI=1S/C17H20BrF5O2/c18-12-8-3-1-2-7-11-15(19,20)17(22,23)16(21,14(24)25)13-9-5-4-6-10-13/h4-6,9-10H,1-3,7-8,11-12H2,(H,24,25). The number of unbranched alkanes of at least 4 members (excludes halogenated alkanes) is 4. The Kier molecular flexibility index (Phi) is 7.84. The van der Waals surface area contributed by atoms with Crippen molar-refractivity contribution < 1.29 is 31.9 Å². The lowest BCUT2D eigenvalue weighted by molar-refractivity contribution is -0.277. The Bertz CT molecular complexity index is 553. The quantitative estimate of drug-likeness (QED) is 0.268. The molecule has 25 heavy (non-hydrogen) atoms. The number of carbonyl (C=O) groups is 1. The molecule has 0 aliphatic rings. The molecule has 1 atom stereocenters. The van der Waals surface area contributed by atoms with Crippen LogP contribution in [0.3, 0.4) is 0 Å². The summed E-state index contributed by atoms with van der Waals surface area (Å²) in [7, 11) is 0. The molecular formula is C17H20BrF5O2. The minimum absolute atomic E-state index is 0.241. The van der Waals surface area contributed by atoms with Gasteiger partial charge in [0.05, 0.1) is 0 Å². The van der Waals surface area contributed by atoms with Gasteiger partial charge in [-0.05, 0) is 12.8 Å². The van der Waals surface area contributed by atoms with E-state index >= 15 is 0 Å². The molecule has 0 saturated heterocycles. The minimum Gasteiger partial charge on any atom is -0.478 e. The Morgan fingerprint density at radius 2 is 1.44 bits per heavy atom. The van der Waals surface area contributed by atoms with Crippen LogP contribution in [0.2, 0.25) is 0 Å². The summed E-state index contributed by atoms with van der Waals surface area (Å²) in [6.45, 7) is 0. The Morgan fingerprint density at radius 1 is 0.920 bits per heavy atom. The summed E-state index contributed by atoms with van der Waals surface area (Å²) in [6, 6.07) is 5.10. The van der Waals surface area contributed by atoms with E-state index in [-0.39, 0.29) is 12.8 Å². The number of hydrogen-bond donors (Lipinski definition) is 1. The van der Waals surface area contributed by atoms with E-state index in [0.29, 0.717) is 6.42 Å². The van der Waals surface area contributed by atoms with Gasteiger partial charge < -0.3 is 5.11 Å². The first kappa shape index (κ1) is 21.9. The van der Waals surface area contributed by atoms with Gasteiger partial charge in [-0.3, -0.25) is 0 Å². The zero-order valence-corrected chi connectivity index (χ0v) is 15.0. The number of benzene rings is 1. The lowest BCUT2D eigenvalue weighted by Crippen LogP contribution is -2.58. The van der Waals surface area contributed by atoms with Gasteiger partial charge in [-0.15, -0.1) is 0 Å². The second-order valence-corrected chi connectivity index (χ2v) is 6.61. The molecule has 1 aromatic carbocycles. The first-order chi connectivity index (χ1) is 11.6. The minimum atomic E-state index is -5.39. The van der Waals surface area contributed by atoms with Gasteiger partial charge in [0.2, 0.25) is 0 Å². The second kappa shape index (κ2) is 8.96. The molecule has 142 valence electrons. The van der Waals surface area contributed by atoms with Gasteiger partial charge in [0.25, 0.3) is 0 Å². The van der Waals surface area contributed by atoms with E-state index in [2.05, 4.69) is 15.9 Å². The number of aliphatic carboxylic acids is 1. The zero-order valence-electron chi connectivity index (χ0n) is 13.5. The van der Waals surface area contributed by atoms with Crippen LogP contribution in [0.5, 0.6) is 0 Å². The highest BCUT2D eigenvalue weighted by Gasteiger charge is 2.73. The highest BCUT2D eigenvalue weighted by Crippen LogP contribution is 2.52. The molecule has 0 aliphatic carbocycles. The third-order valence-corrected chi connectivity index (χ3v) is 4.54. The second-order valence-electron chi connectivity index (χ2n) is 5.82. The van der Waals surface area contributed by atoms with Gasteiger partial charge >= 0.3 is 23.5 Å². The third-order valence-electron chi connectivity index (χ3n) is 3.98. The van der Waals surface area contributed by atoms with Crippen molar-refractivity contribution in [2.75, 3.05) is 5.33 Å². The Morgan fingerprint density at radius 3 is 1.96 bits per heavy atom. The summed E-state index contributed by atoms with van der Waals surface area (Å²) in [6.07, 6.45) is 0.962. The molecular weight excluding hydrogens is 411 g/mol. The van der Waals surface area contributed by atoms with Crippen molar-refractivity contribution in [1.29, 1.82) is 0 Å². The van der Waals surface area contributed by atoms with Gasteiger partial charge in [-0.1, -0.05) is 65.5 Å². The fraction of sp³-hybridized carbons (Fsp3) is 0.588. The van der Waals surface area contributed by atoms with Gasteiger partial charge in [-0.25, -0.2) is 9.18 Å². The Balaban J connectivity index is 2.95. The molecule has 0 aliphatic heterocycles. The molecule has 0 heterocycles. The summed E-state index contributed by atoms with van der Waals surface area (Å²) in [5.41, 5.74) is -5.52. The number of hydrogen-bond acceptors (Lipinski definition) is 1. The molecule has 0 bridgehead atoms. The van der Waals surface area contributed by atoms with E-state index in [1.165, 1.54) is 6.07 Å². The van der Waals surface area contributed by atoms with Crippen LogP contribution in [0, 0.1) is 0 Å². The average molecular weight is 431 g/mol. The van der Waals surface area contributed by atoms with Crippen molar-refractivity contribution in [3.8, 4) is 0 Å². The highest BCUT2D eigenvalue weighted by molar-refractivity contribution is 9.09. The van der Waals surface area contributed by atoms with Crippen molar-refractivity contribution in [3.05, 3.63) is 35.9 Å². The average Bonchev–Trinajstić information content (AvgIpc) is 2.57. The van der Waals surface area contributed by atoms with Crippen LogP contribution in [0.1, 0.15) is 44.1 Å². The molecule has 0 saturated carbocycles. The van der Waals surface area contributed by atoms with Crippen LogP contribution in [0.25, 0.3) is 0 Å². The fourth-order valence-electron chi connectivity index (χ4n) is 2.49. The van der Waals surface area contributed by atoms with Crippen LogP contribution >= 0.6 is 15.9 Å². The topological polar surface area (TPSA) is 37.3 Å². The normalized spacial score (nSPS) is 15.0. The van der Waals surface area contributed by atoms with Crippen molar-refractivity contribution in [2.24, 2.45) is 0 Å². The monoisotopic (exact) mass is 430 g/mol. The summed E-state index contributed by atoms with van der Waals surface area (Å²) in [5, 5.41) is 9.73. The summed E-state index contributed by atoms with van der Waals surface area (Å²) >= 11 is 3.22. The number of carboxylic acids is 1. The SMILES string of the molecule is O=C(O)C(F)(c1ccccc1)C(F)(F)C(F)(F)CCCCCCCBr. The molecule has 0 fully saturated rings. The molecule has 0 spiro atoms. The molecule has 1 rings (SSSR count). The number of alkyl halides is 6. The lowest BCUT2D eigenvalue weighted by atomic mass is 9.84. The van der Waals surface area contributed by atoms with Crippen LogP contribution in [0.15, 0.2) is 30.3 Å². The maximum Gasteiger partial charge on any atom is 0.358 e. The van der Waals surface area contributed by atoms with E-state index < -0.39 is 35.5 Å². The van der Waals surface area contributed by atoms with Gasteiger partial charge in [0.15, 0.2) is 0 Å². The molecule has 0 radical (unpaired) electrons. The van der Waals surface area contributed by atoms with Crippen LogP contribution in [-0.2, 0) is 10.5 Å². The van der Waals surface area contributed by atoms with Gasteiger partial charge in [0, 0.05) is 17.3 Å². The highest BCUT2D eigenvalue weighted by atomic mass is 79.9. The third kappa shape index (κ3) is 4.71. The van der Waals surface area contributed by atoms with E-state index in [1.54, 1.807) is 0 Å². The molecule has 8 heteroatoms. The molecule has 1 N–H and O–H groups in total. The van der Waals surface area contributed by atoms with Crippen LogP contribution < -0.4 is 0 Å². The van der Waals surface area contributed by atoms with Crippen molar-refractivity contribution in [1.82, 2.24) is 0 Å². The van der Waals surface area contributed by atoms with Crippen molar-refractivity contribution in [2.45, 2.75) is 56.0 Å². The first-order valence-electron chi connectivity index (χ1n) is 7.90. The van der Waals surface area contributed by atoms with Crippen LogP contribution in [0.4, 0.5) is 22.0 Å². The predicted octanol–water partition coefficient (Wildman–Crippen LogP) is 5.94. The Hall–Kier alpha value is -1.18. The van der Waals surface area contributed by atoms with Crippen molar-refractivity contribution in [3.63, 3.8) is 0 Å². The number of rotatable bonds is 11. The van der Waals surface area contributed by atoms with E-state index in [0.717, 1.165) is 42.4 Å². The van der Waals surface area contributed by atoms with E-state index in [1.807, 2.05) is 0 Å². The maximum absolute atomic E-state index is 14.8. The van der Waals surface area contributed by atoms with Gasteiger partial charge in [-0.2, -0.15) is 17.6 Å². The molecule has 1 unspecified atom stereocenters. The predicted molar refractivity (Wildman–Crippen MR) is 88.3 cm³/mol. The zero-order chi connectivity index (χ0) is 19.1. The summed E-state index contributed by atoms with van der Waals surface area (Å²) in [4.78, 5) is 11.2. The summed E-state index contributed by atoms with van der Waals surface area (Å²) in [5.74, 6) is -12.8. The first-order valence-corrected chi connectivity index (χ1v) is 9.03. The van der Waals surface area contributed by atoms with E-state index in [4.69, 9.17) is 5.11 Å². The summed E-state index contributed by atoms with van der Waals surface area (Å²) < 4.78 is 71.5. The lowest BCUT2D eigenvalue weighted by Gasteiger charge is -2.35. The molecule has 0 amide bonds. The maximum atomic E-state index is 14.8. The molecule has 1 aromatic rings. The fourth-order valence-corrected chi connectivity index (χ4v) is 2.88. The van der Waals surface area contributed by atoms with Crippen LogP contribution in [-0.4, -0.2) is 28.3 Å². The van der Waals surface area contributed by atoms with Gasteiger partial charge in [0.1, 0.15) is 0 Å². The van der Waals surface area contributed by atoms with Crippen molar-refractivity contribution >= 4 is 21.9 Å².